The van der Waals surface area contributed by atoms with E-state index in [4.69, 9.17) is 0 Å². The van der Waals surface area contributed by atoms with Gasteiger partial charge < -0.3 is 0 Å². The standard InChI is InChI=1S/C102H82Si/c1-69-68-102(7,74(6)70(69)2)103(99-93(81-56-32-14-33-57-81)87(75-44-20-8-21-45-75)71(3)88(76-46-22-9-23-47-76)94(99)82-58-34-15-35-59-82,100-95(83-60-36-16-37-61-83)89(77-48-24-10-25-49-77)72(4)90(78-50-26-11-27-51-78)96(100)84-62-38-17-39-63-84)101-97(85-64-40-18-41-65-85)91(79-52-28-12-29-53-79)73(5)92(80-54-30-13-31-55-80)98(101)86-66-42-19-43-67-86/h8-68H,1-7H3. The number of allylic oxidation sites excluding steroid dienone is 4. The molecule has 0 aliphatic heterocycles. The van der Waals surface area contributed by atoms with E-state index in [1.54, 1.807) is 0 Å². The van der Waals surface area contributed by atoms with Gasteiger partial charge in [-0.3, -0.25) is 0 Å². The molecule has 0 radical (unpaired) electrons. The fraction of sp³-hybridized carbons (Fsp3) is 0.0784. The molecule has 0 heterocycles. The molecule has 1 atom stereocenters. The molecule has 0 bridgehead atoms. The summed E-state index contributed by atoms with van der Waals surface area (Å²) < 4.78 is 0. The zero-order valence-electron chi connectivity index (χ0n) is 59.7. The van der Waals surface area contributed by atoms with E-state index in [0.29, 0.717) is 0 Å². The van der Waals surface area contributed by atoms with Crippen molar-refractivity contribution in [2.45, 2.75) is 53.5 Å². The van der Waals surface area contributed by atoms with Gasteiger partial charge in [-0.1, -0.05) is 388 Å². The third-order valence-electron chi connectivity index (χ3n) is 22.3. The van der Waals surface area contributed by atoms with Crippen molar-refractivity contribution in [1.82, 2.24) is 0 Å². The first-order valence-electron chi connectivity index (χ1n) is 36.3. The van der Waals surface area contributed by atoms with Crippen LogP contribution in [-0.2, 0) is 0 Å². The Morgan fingerprint density at radius 2 is 0.320 bits per heavy atom. The Bertz CT molecular complexity index is 4800. The highest BCUT2D eigenvalue weighted by molar-refractivity contribution is 7.18. The molecule has 0 aromatic heterocycles. The molecular weight excluding hydrogens is 1250 g/mol. The molecule has 1 heteroatoms. The molecule has 1 unspecified atom stereocenters. The molecule has 0 fully saturated rings. The summed E-state index contributed by atoms with van der Waals surface area (Å²) in [5.41, 5.74) is 36.0. The average molecular weight is 1340 g/mol. The first-order chi connectivity index (χ1) is 50.6. The zero-order chi connectivity index (χ0) is 70.2. The van der Waals surface area contributed by atoms with Gasteiger partial charge in [-0.05, 0) is 213 Å². The van der Waals surface area contributed by atoms with Gasteiger partial charge >= 0.3 is 0 Å². The number of hydrogen-bond acceptors (Lipinski definition) is 0. The minimum absolute atomic E-state index is 0.889. The summed E-state index contributed by atoms with van der Waals surface area (Å²) in [6, 6.07) is 138. The lowest BCUT2D eigenvalue weighted by Crippen LogP contribution is -2.75. The monoisotopic (exact) mass is 1330 g/mol. The van der Waals surface area contributed by atoms with E-state index >= 15 is 0 Å². The second kappa shape index (κ2) is 27.8. The zero-order valence-corrected chi connectivity index (χ0v) is 60.7. The molecule has 0 spiro atoms. The second-order valence-corrected chi connectivity index (χ2v) is 32.0. The maximum absolute atomic E-state index is 4.81. The van der Waals surface area contributed by atoms with Crippen molar-refractivity contribution in [2.75, 3.05) is 0 Å². The molecule has 0 nitrogen and oxygen atoms in total. The Morgan fingerprint density at radius 1 is 0.184 bits per heavy atom. The highest BCUT2D eigenvalue weighted by Gasteiger charge is 2.63. The minimum Gasteiger partial charge on any atom is -0.0730 e. The Labute approximate surface area is 610 Å². The van der Waals surface area contributed by atoms with Crippen molar-refractivity contribution in [2.24, 2.45) is 0 Å². The van der Waals surface area contributed by atoms with Gasteiger partial charge in [-0.2, -0.15) is 0 Å². The van der Waals surface area contributed by atoms with Crippen LogP contribution in [0.2, 0.25) is 5.04 Å². The molecule has 0 N–H and O–H groups in total. The quantitative estimate of drug-likeness (QED) is 0.0668. The van der Waals surface area contributed by atoms with E-state index in [-0.39, 0.29) is 0 Å². The lowest BCUT2D eigenvalue weighted by atomic mass is 9.80. The van der Waals surface area contributed by atoms with Crippen molar-refractivity contribution >= 4 is 23.6 Å². The maximum atomic E-state index is 2.80. The Balaban J connectivity index is 1.42. The maximum Gasteiger partial charge on any atom is 0.166 e. The highest BCUT2D eigenvalue weighted by atomic mass is 28.3. The van der Waals surface area contributed by atoms with E-state index < -0.39 is 13.1 Å². The molecule has 16 rings (SSSR count). The molecule has 103 heavy (non-hydrogen) atoms. The number of hydrogen-bond donors (Lipinski definition) is 0. The van der Waals surface area contributed by atoms with Gasteiger partial charge in [0, 0.05) is 5.04 Å². The van der Waals surface area contributed by atoms with E-state index in [9.17, 15) is 0 Å². The van der Waals surface area contributed by atoms with E-state index in [1.165, 1.54) is 116 Å². The normalized spacial score (nSPS) is 13.6. The van der Waals surface area contributed by atoms with E-state index in [1.807, 2.05) is 0 Å². The van der Waals surface area contributed by atoms with Gasteiger partial charge in [-0.15, -0.1) is 0 Å². The molecular formula is C102H82Si. The van der Waals surface area contributed by atoms with Crippen molar-refractivity contribution in [1.29, 1.82) is 0 Å². The first kappa shape index (κ1) is 65.6. The van der Waals surface area contributed by atoms with Crippen molar-refractivity contribution in [3.05, 3.63) is 403 Å². The van der Waals surface area contributed by atoms with Crippen LogP contribution in [0.4, 0.5) is 0 Å². The summed E-state index contributed by atoms with van der Waals surface area (Å²) >= 11 is 0. The molecule has 0 saturated heterocycles. The Morgan fingerprint density at radius 3 is 0.447 bits per heavy atom. The Hall–Kier alpha value is -12.0. The van der Waals surface area contributed by atoms with Crippen LogP contribution in [0.25, 0.3) is 134 Å². The van der Waals surface area contributed by atoms with Crippen LogP contribution in [0.5, 0.6) is 0 Å². The summed E-state index contributed by atoms with van der Waals surface area (Å²) in [5, 5.41) is 3.11. The molecule has 1 aliphatic carbocycles. The second-order valence-electron chi connectivity index (χ2n) is 27.9. The van der Waals surface area contributed by atoms with Crippen LogP contribution in [0.3, 0.4) is 0 Å². The van der Waals surface area contributed by atoms with Gasteiger partial charge in [0.15, 0.2) is 8.07 Å². The largest absolute Gasteiger partial charge is 0.166 e. The van der Waals surface area contributed by atoms with Crippen molar-refractivity contribution in [3.63, 3.8) is 0 Å². The van der Waals surface area contributed by atoms with Crippen molar-refractivity contribution in [3.8, 4) is 134 Å². The molecule has 15 aromatic carbocycles. The third kappa shape index (κ3) is 11.2. The van der Waals surface area contributed by atoms with Gasteiger partial charge in [0.05, 0.1) is 0 Å². The van der Waals surface area contributed by atoms with Gasteiger partial charge in [-0.25, -0.2) is 0 Å². The summed E-state index contributed by atoms with van der Waals surface area (Å²) in [7, 11) is -4.81. The average Bonchev–Trinajstić information content (AvgIpc) is 1.61. The molecule has 15 aromatic rings. The Kier molecular flexibility index (Phi) is 17.7. The van der Waals surface area contributed by atoms with E-state index in [0.717, 1.165) is 66.8 Å². The smallest absolute Gasteiger partial charge is 0.0730 e. The summed E-state index contributed by atoms with van der Waals surface area (Å²) in [4.78, 5) is 0. The predicted octanol–water partition coefficient (Wildman–Crippen LogP) is 26.1. The van der Waals surface area contributed by atoms with Crippen LogP contribution in [0, 0.1) is 20.8 Å². The fourth-order valence-corrected chi connectivity index (χ4v) is 25.1. The first-order valence-corrected chi connectivity index (χ1v) is 38.3. The summed E-state index contributed by atoms with van der Waals surface area (Å²) in [6.45, 7) is 17.4. The van der Waals surface area contributed by atoms with E-state index in [2.05, 4.69) is 419 Å². The molecule has 494 valence electrons. The van der Waals surface area contributed by atoms with Crippen molar-refractivity contribution < 1.29 is 0 Å². The van der Waals surface area contributed by atoms with Gasteiger partial charge in [0.1, 0.15) is 0 Å². The topological polar surface area (TPSA) is 0 Å². The highest BCUT2D eigenvalue weighted by Crippen LogP contribution is 2.62. The number of benzene rings is 15. The van der Waals surface area contributed by atoms with Crippen LogP contribution >= 0.6 is 0 Å². The van der Waals surface area contributed by atoms with Gasteiger partial charge in [0.2, 0.25) is 0 Å². The SMILES string of the molecule is CC1=CC(C)([Si](c2c(-c3ccccc3)c(-c3ccccc3)c(C)c(-c3ccccc3)c2-c2ccccc2)(c2c(-c3ccccc3)c(-c3ccccc3)c(C)c(-c3ccccc3)c2-c2ccccc2)c2c(-c3ccccc3)c(-c3ccccc3)c(C)c(-c3ccccc3)c2-c2ccccc2)C(C)=C1C. The molecule has 1 aliphatic rings. The predicted molar refractivity (Wildman–Crippen MR) is 444 cm³/mol. The summed E-state index contributed by atoms with van der Waals surface area (Å²) in [5.74, 6) is 0. The van der Waals surface area contributed by atoms with Crippen LogP contribution < -0.4 is 15.6 Å². The molecule has 0 amide bonds. The molecule has 0 saturated carbocycles. The van der Waals surface area contributed by atoms with Crippen LogP contribution in [0.1, 0.15) is 44.4 Å². The lowest BCUT2D eigenvalue weighted by molar-refractivity contribution is 0.871. The number of rotatable bonds is 16. The minimum atomic E-state index is -4.81. The van der Waals surface area contributed by atoms with Gasteiger partial charge in [0.25, 0.3) is 0 Å². The lowest BCUT2D eigenvalue weighted by Gasteiger charge is -2.53. The fourth-order valence-electron chi connectivity index (χ4n) is 17.8. The summed E-state index contributed by atoms with van der Waals surface area (Å²) in [6.07, 6.45) is 2.80. The van der Waals surface area contributed by atoms with Crippen LogP contribution in [0.15, 0.2) is 387 Å². The third-order valence-corrected chi connectivity index (χ3v) is 28.2. The van der Waals surface area contributed by atoms with Crippen LogP contribution in [-0.4, -0.2) is 8.07 Å².